The molecule has 0 atom stereocenters. The van der Waals surface area contributed by atoms with Crippen LogP contribution in [-0.2, 0) is 0 Å². The summed E-state index contributed by atoms with van der Waals surface area (Å²) in [6.45, 7) is 5.93. The van der Waals surface area contributed by atoms with E-state index in [4.69, 9.17) is 5.73 Å². The lowest BCUT2D eigenvalue weighted by atomic mass is 10.1. The molecule has 1 amide bonds. The van der Waals surface area contributed by atoms with Crippen molar-refractivity contribution in [2.45, 2.75) is 6.42 Å². The van der Waals surface area contributed by atoms with Crippen LogP contribution in [-0.4, -0.2) is 62.0 Å². The molecule has 3 N–H and O–H groups in total. The molecule has 1 fully saturated rings. The Morgan fingerprint density at radius 1 is 1.33 bits per heavy atom. The van der Waals surface area contributed by atoms with E-state index in [0.29, 0.717) is 12.1 Å². The van der Waals surface area contributed by atoms with Gasteiger partial charge in [0, 0.05) is 38.4 Å². The van der Waals surface area contributed by atoms with Gasteiger partial charge in [-0.1, -0.05) is 0 Å². The first kappa shape index (κ1) is 15.7. The van der Waals surface area contributed by atoms with Crippen LogP contribution in [0.15, 0.2) is 18.2 Å². The van der Waals surface area contributed by atoms with Crippen LogP contribution in [0.2, 0.25) is 0 Å². The Bertz CT molecular complexity index is 487. The van der Waals surface area contributed by atoms with Gasteiger partial charge in [0.15, 0.2) is 0 Å². The number of anilines is 1. The second kappa shape index (κ2) is 7.38. The van der Waals surface area contributed by atoms with E-state index in [9.17, 15) is 9.18 Å². The van der Waals surface area contributed by atoms with Crippen molar-refractivity contribution in [2.75, 3.05) is 52.0 Å². The van der Waals surface area contributed by atoms with E-state index in [1.54, 1.807) is 0 Å². The highest BCUT2D eigenvalue weighted by Crippen LogP contribution is 2.13. The zero-order valence-corrected chi connectivity index (χ0v) is 12.4. The zero-order valence-electron chi connectivity index (χ0n) is 12.4. The van der Waals surface area contributed by atoms with Crippen molar-refractivity contribution in [3.8, 4) is 0 Å². The zero-order chi connectivity index (χ0) is 15.2. The average Bonchev–Trinajstić information content (AvgIpc) is 2.45. The largest absolute Gasteiger partial charge is 0.398 e. The molecule has 2 rings (SSSR count). The summed E-state index contributed by atoms with van der Waals surface area (Å²) in [5.41, 5.74) is 6.15. The van der Waals surface area contributed by atoms with Crippen LogP contribution in [0.5, 0.6) is 0 Å². The highest BCUT2D eigenvalue weighted by molar-refractivity contribution is 5.99. The number of nitrogen functional groups attached to an aromatic ring is 1. The maximum Gasteiger partial charge on any atom is 0.253 e. The Balaban J connectivity index is 1.69. The van der Waals surface area contributed by atoms with E-state index in [-0.39, 0.29) is 11.6 Å². The standard InChI is InChI=1S/C15H23FN4O/c1-19-7-9-20(10-8-19)6-2-5-18-15(21)13-4-3-12(16)11-14(13)17/h3-4,11H,2,5-10,17H2,1H3,(H,18,21). The van der Waals surface area contributed by atoms with Crippen molar-refractivity contribution >= 4 is 11.6 Å². The van der Waals surface area contributed by atoms with Crippen molar-refractivity contribution in [3.63, 3.8) is 0 Å². The Morgan fingerprint density at radius 2 is 2.05 bits per heavy atom. The van der Waals surface area contributed by atoms with E-state index >= 15 is 0 Å². The number of hydrogen-bond acceptors (Lipinski definition) is 4. The Labute approximate surface area is 124 Å². The Morgan fingerprint density at radius 3 is 2.71 bits per heavy atom. The van der Waals surface area contributed by atoms with Gasteiger partial charge in [0.1, 0.15) is 5.82 Å². The maximum atomic E-state index is 12.9. The summed E-state index contributed by atoms with van der Waals surface area (Å²) in [7, 11) is 2.13. The van der Waals surface area contributed by atoms with Crippen molar-refractivity contribution < 1.29 is 9.18 Å². The molecule has 0 aliphatic carbocycles. The van der Waals surface area contributed by atoms with E-state index in [0.717, 1.165) is 39.1 Å². The number of likely N-dealkylation sites (N-methyl/N-ethyl adjacent to an activating group) is 1. The molecule has 1 aliphatic rings. The molecule has 5 nitrogen and oxygen atoms in total. The maximum absolute atomic E-state index is 12.9. The molecule has 1 aromatic rings. The Hall–Kier alpha value is -1.66. The quantitative estimate of drug-likeness (QED) is 0.622. The van der Waals surface area contributed by atoms with Gasteiger partial charge in [-0.3, -0.25) is 4.79 Å². The number of hydrogen-bond donors (Lipinski definition) is 2. The number of carbonyl (C=O) groups excluding carboxylic acids is 1. The first-order valence-electron chi connectivity index (χ1n) is 7.30. The summed E-state index contributed by atoms with van der Waals surface area (Å²) in [4.78, 5) is 16.7. The minimum Gasteiger partial charge on any atom is -0.398 e. The third-order valence-electron chi connectivity index (χ3n) is 3.79. The molecule has 1 heterocycles. The normalized spacial score (nSPS) is 16.9. The van der Waals surface area contributed by atoms with E-state index in [1.807, 2.05) is 0 Å². The first-order chi connectivity index (χ1) is 10.1. The molecule has 0 bridgehead atoms. The number of nitrogens with one attached hydrogen (secondary N) is 1. The smallest absolute Gasteiger partial charge is 0.253 e. The number of amides is 1. The lowest BCUT2D eigenvalue weighted by Gasteiger charge is -2.32. The topological polar surface area (TPSA) is 61.6 Å². The fourth-order valence-electron chi connectivity index (χ4n) is 2.41. The minimum absolute atomic E-state index is 0.173. The fraction of sp³-hybridized carbons (Fsp3) is 0.533. The molecular formula is C15H23FN4O. The van der Waals surface area contributed by atoms with Gasteiger partial charge >= 0.3 is 0 Å². The Kier molecular flexibility index (Phi) is 5.52. The summed E-state index contributed by atoms with van der Waals surface area (Å²) in [6, 6.07) is 3.83. The second-order valence-corrected chi connectivity index (χ2v) is 5.49. The van der Waals surface area contributed by atoms with Gasteiger partial charge in [-0.25, -0.2) is 4.39 Å². The molecule has 116 valence electrons. The summed E-state index contributed by atoms with van der Waals surface area (Å²) < 4.78 is 12.9. The molecule has 1 saturated heterocycles. The van der Waals surface area contributed by atoms with Crippen LogP contribution >= 0.6 is 0 Å². The molecule has 21 heavy (non-hydrogen) atoms. The van der Waals surface area contributed by atoms with Gasteiger partial charge in [0.25, 0.3) is 5.91 Å². The average molecular weight is 294 g/mol. The monoisotopic (exact) mass is 294 g/mol. The molecular weight excluding hydrogens is 271 g/mol. The third-order valence-corrected chi connectivity index (χ3v) is 3.79. The van der Waals surface area contributed by atoms with Crippen molar-refractivity contribution in [2.24, 2.45) is 0 Å². The molecule has 0 aromatic heterocycles. The van der Waals surface area contributed by atoms with Crippen LogP contribution in [0.25, 0.3) is 0 Å². The lowest BCUT2D eigenvalue weighted by molar-refractivity contribution is 0.0950. The minimum atomic E-state index is -0.431. The van der Waals surface area contributed by atoms with Gasteiger partial charge < -0.3 is 20.9 Å². The van der Waals surface area contributed by atoms with Crippen LogP contribution in [0.4, 0.5) is 10.1 Å². The predicted octanol–water partition coefficient (Wildman–Crippen LogP) is 0.775. The molecule has 0 unspecified atom stereocenters. The SMILES string of the molecule is CN1CCN(CCCNC(=O)c2ccc(F)cc2N)CC1. The van der Waals surface area contributed by atoms with Crippen molar-refractivity contribution in [1.29, 1.82) is 0 Å². The first-order valence-corrected chi connectivity index (χ1v) is 7.30. The predicted molar refractivity (Wildman–Crippen MR) is 81.7 cm³/mol. The van der Waals surface area contributed by atoms with Gasteiger partial charge in [-0.15, -0.1) is 0 Å². The molecule has 1 aliphatic heterocycles. The summed E-state index contributed by atoms with van der Waals surface area (Å²) in [5.74, 6) is -0.676. The highest BCUT2D eigenvalue weighted by atomic mass is 19.1. The van der Waals surface area contributed by atoms with Gasteiger partial charge in [0.2, 0.25) is 0 Å². The number of piperazine rings is 1. The lowest BCUT2D eigenvalue weighted by Crippen LogP contribution is -2.45. The number of nitrogens with zero attached hydrogens (tertiary/aromatic N) is 2. The van der Waals surface area contributed by atoms with Crippen molar-refractivity contribution in [1.82, 2.24) is 15.1 Å². The summed E-state index contributed by atoms with van der Waals surface area (Å²) in [5, 5.41) is 2.83. The molecule has 6 heteroatoms. The van der Waals surface area contributed by atoms with E-state index in [2.05, 4.69) is 22.2 Å². The van der Waals surface area contributed by atoms with Crippen LogP contribution in [0.1, 0.15) is 16.8 Å². The third kappa shape index (κ3) is 4.68. The highest BCUT2D eigenvalue weighted by Gasteiger charge is 2.13. The number of benzene rings is 1. The number of rotatable bonds is 5. The molecule has 0 saturated carbocycles. The molecule has 0 radical (unpaired) electrons. The van der Waals surface area contributed by atoms with Crippen LogP contribution < -0.4 is 11.1 Å². The van der Waals surface area contributed by atoms with Gasteiger partial charge in [-0.2, -0.15) is 0 Å². The van der Waals surface area contributed by atoms with Crippen LogP contribution in [0.3, 0.4) is 0 Å². The number of carbonyl (C=O) groups is 1. The number of halogens is 1. The summed E-state index contributed by atoms with van der Waals surface area (Å²) in [6.07, 6.45) is 0.899. The van der Waals surface area contributed by atoms with Crippen molar-refractivity contribution in [3.05, 3.63) is 29.6 Å². The van der Waals surface area contributed by atoms with E-state index < -0.39 is 5.82 Å². The number of nitrogens with two attached hydrogens (primary N) is 1. The second-order valence-electron chi connectivity index (χ2n) is 5.49. The summed E-state index contributed by atoms with van der Waals surface area (Å²) >= 11 is 0. The van der Waals surface area contributed by atoms with E-state index in [1.165, 1.54) is 18.2 Å². The molecule has 1 aromatic carbocycles. The van der Waals surface area contributed by atoms with Gasteiger partial charge in [0.05, 0.1) is 5.56 Å². The fourth-order valence-corrected chi connectivity index (χ4v) is 2.41. The van der Waals surface area contributed by atoms with Crippen LogP contribution in [0, 0.1) is 5.82 Å². The van der Waals surface area contributed by atoms with Gasteiger partial charge in [-0.05, 0) is 38.2 Å². The molecule has 0 spiro atoms.